The van der Waals surface area contributed by atoms with Crippen LogP contribution in [0, 0.1) is 17.8 Å². The monoisotopic (exact) mass is 377 g/mol. The fourth-order valence-electron chi connectivity index (χ4n) is 4.80. The van der Waals surface area contributed by atoms with E-state index in [0.29, 0.717) is 23.1 Å². The molecule has 0 radical (unpaired) electrons. The Bertz CT molecular complexity index is 865. The van der Waals surface area contributed by atoms with Crippen molar-refractivity contribution < 1.29 is 9.59 Å². The third kappa shape index (κ3) is 3.67. The Labute approximate surface area is 165 Å². The smallest absolute Gasteiger partial charge is 0.255 e. The Hall–Kier alpha value is -2.66. The van der Waals surface area contributed by atoms with Crippen molar-refractivity contribution in [1.82, 2.24) is 5.32 Å². The molecule has 2 saturated carbocycles. The standard InChI is InChI=1S/C23H27N3O2/c1-14(25-23(28)20-17-10-11-18(12-17)21(20)24)16-8-5-9-19(13-16)26-22(27)15-6-3-2-4-7-15/h2-9,13-14,17-18,20-21H,10-12,24H2,1H3,(H,25,28)(H,26,27). The van der Waals surface area contributed by atoms with E-state index in [9.17, 15) is 9.59 Å². The van der Waals surface area contributed by atoms with Gasteiger partial charge >= 0.3 is 0 Å². The number of carbonyl (C=O) groups excluding carboxylic acids is 2. The minimum absolute atomic E-state index is 0.0116. The van der Waals surface area contributed by atoms with Gasteiger partial charge in [-0.1, -0.05) is 30.3 Å². The largest absolute Gasteiger partial charge is 0.349 e. The summed E-state index contributed by atoms with van der Waals surface area (Å²) < 4.78 is 0. The summed E-state index contributed by atoms with van der Waals surface area (Å²) in [7, 11) is 0. The van der Waals surface area contributed by atoms with E-state index in [2.05, 4.69) is 10.6 Å². The van der Waals surface area contributed by atoms with E-state index in [1.807, 2.05) is 49.4 Å². The molecule has 5 unspecified atom stereocenters. The van der Waals surface area contributed by atoms with E-state index in [4.69, 9.17) is 5.73 Å². The summed E-state index contributed by atoms with van der Waals surface area (Å²) in [4.78, 5) is 25.2. The molecule has 0 aromatic heterocycles. The molecule has 5 heteroatoms. The van der Waals surface area contributed by atoms with Gasteiger partial charge in [0.25, 0.3) is 5.91 Å². The van der Waals surface area contributed by atoms with Crippen LogP contribution in [0.3, 0.4) is 0 Å². The number of nitrogens with one attached hydrogen (secondary N) is 2. The normalized spacial score (nSPS) is 26.6. The van der Waals surface area contributed by atoms with Crippen LogP contribution in [-0.2, 0) is 4.79 Å². The number of nitrogens with two attached hydrogens (primary N) is 1. The summed E-state index contributed by atoms with van der Waals surface area (Å²) in [6.07, 6.45) is 3.37. The van der Waals surface area contributed by atoms with Gasteiger partial charge in [-0.15, -0.1) is 0 Å². The van der Waals surface area contributed by atoms with Gasteiger partial charge < -0.3 is 16.4 Å². The van der Waals surface area contributed by atoms with Crippen molar-refractivity contribution >= 4 is 17.5 Å². The number of amides is 2. The van der Waals surface area contributed by atoms with Gasteiger partial charge in [0, 0.05) is 17.3 Å². The fourth-order valence-corrected chi connectivity index (χ4v) is 4.80. The van der Waals surface area contributed by atoms with Crippen LogP contribution in [0.15, 0.2) is 54.6 Å². The summed E-state index contributed by atoms with van der Waals surface area (Å²) in [6.45, 7) is 1.97. The Morgan fingerprint density at radius 2 is 1.79 bits per heavy atom. The van der Waals surface area contributed by atoms with Crippen LogP contribution in [-0.4, -0.2) is 17.9 Å². The van der Waals surface area contributed by atoms with E-state index < -0.39 is 0 Å². The topological polar surface area (TPSA) is 84.2 Å². The summed E-state index contributed by atoms with van der Waals surface area (Å²) in [6, 6.07) is 16.6. The molecule has 2 aliphatic rings. The first-order valence-corrected chi connectivity index (χ1v) is 10.1. The van der Waals surface area contributed by atoms with E-state index in [-0.39, 0.29) is 29.8 Å². The van der Waals surface area contributed by atoms with Gasteiger partial charge in [0.15, 0.2) is 0 Å². The maximum absolute atomic E-state index is 12.8. The zero-order valence-corrected chi connectivity index (χ0v) is 16.1. The average molecular weight is 377 g/mol. The Morgan fingerprint density at radius 3 is 2.50 bits per heavy atom. The summed E-state index contributed by atoms with van der Waals surface area (Å²) in [5.41, 5.74) is 8.58. The zero-order valence-electron chi connectivity index (χ0n) is 16.1. The molecule has 2 amide bonds. The predicted molar refractivity (Wildman–Crippen MR) is 110 cm³/mol. The molecule has 2 aromatic carbocycles. The van der Waals surface area contributed by atoms with Crippen LogP contribution in [0.4, 0.5) is 5.69 Å². The van der Waals surface area contributed by atoms with E-state index in [0.717, 1.165) is 24.8 Å². The second-order valence-electron chi connectivity index (χ2n) is 8.11. The highest BCUT2D eigenvalue weighted by Gasteiger charge is 2.49. The molecular weight excluding hydrogens is 350 g/mol. The average Bonchev–Trinajstić information content (AvgIpc) is 3.30. The fraction of sp³-hybridized carbons (Fsp3) is 0.391. The molecule has 2 aliphatic carbocycles. The molecule has 0 heterocycles. The highest BCUT2D eigenvalue weighted by atomic mass is 16.2. The number of anilines is 1. The Balaban J connectivity index is 1.41. The number of carbonyl (C=O) groups is 2. The van der Waals surface area contributed by atoms with Gasteiger partial charge in [0.2, 0.25) is 5.91 Å². The zero-order chi connectivity index (χ0) is 19.7. The first kappa shape index (κ1) is 18.7. The van der Waals surface area contributed by atoms with Crippen molar-refractivity contribution in [2.24, 2.45) is 23.5 Å². The molecule has 0 aliphatic heterocycles. The van der Waals surface area contributed by atoms with Gasteiger partial charge in [-0.05, 0) is 67.9 Å². The van der Waals surface area contributed by atoms with Crippen molar-refractivity contribution in [2.75, 3.05) is 5.32 Å². The molecule has 5 atom stereocenters. The second kappa shape index (κ2) is 7.76. The van der Waals surface area contributed by atoms with Crippen molar-refractivity contribution in [3.8, 4) is 0 Å². The lowest BCUT2D eigenvalue weighted by atomic mass is 9.84. The molecule has 2 bridgehead atoms. The van der Waals surface area contributed by atoms with Crippen LogP contribution in [0.1, 0.15) is 48.1 Å². The SMILES string of the molecule is CC(NC(=O)C1C2CCC(C2)C1N)c1cccc(NC(=O)c2ccccc2)c1. The Kier molecular flexibility index (Phi) is 5.18. The molecule has 146 valence electrons. The van der Waals surface area contributed by atoms with Gasteiger partial charge in [0.1, 0.15) is 0 Å². The number of hydrogen-bond donors (Lipinski definition) is 3. The van der Waals surface area contributed by atoms with E-state index in [1.165, 1.54) is 0 Å². The second-order valence-corrected chi connectivity index (χ2v) is 8.11. The van der Waals surface area contributed by atoms with E-state index in [1.54, 1.807) is 12.1 Å². The third-order valence-electron chi connectivity index (χ3n) is 6.32. The number of hydrogen-bond acceptors (Lipinski definition) is 3. The first-order chi connectivity index (χ1) is 13.5. The van der Waals surface area contributed by atoms with Crippen molar-refractivity contribution in [1.29, 1.82) is 0 Å². The molecule has 5 nitrogen and oxygen atoms in total. The number of benzene rings is 2. The van der Waals surface area contributed by atoms with Crippen LogP contribution in [0.25, 0.3) is 0 Å². The van der Waals surface area contributed by atoms with Gasteiger partial charge in [0.05, 0.1) is 12.0 Å². The third-order valence-corrected chi connectivity index (χ3v) is 6.32. The lowest BCUT2D eigenvalue weighted by molar-refractivity contribution is -0.127. The molecular formula is C23H27N3O2. The lowest BCUT2D eigenvalue weighted by Crippen LogP contribution is -2.45. The molecule has 0 spiro atoms. The summed E-state index contributed by atoms with van der Waals surface area (Å²) in [5, 5.41) is 6.05. The van der Waals surface area contributed by atoms with Gasteiger partial charge in [-0.2, -0.15) is 0 Å². The minimum Gasteiger partial charge on any atom is -0.349 e. The van der Waals surface area contributed by atoms with Gasteiger partial charge in [-0.25, -0.2) is 0 Å². The van der Waals surface area contributed by atoms with Crippen molar-refractivity contribution in [3.63, 3.8) is 0 Å². The molecule has 4 N–H and O–H groups in total. The van der Waals surface area contributed by atoms with Crippen molar-refractivity contribution in [2.45, 2.75) is 38.3 Å². The predicted octanol–water partition coefficient (Wildman–Crippen LogP) is 3.49. The number of fused-ring (bicyclic) bond motifs is 2. The van der Waals surface area contributed by atoms with Crippen LogP contribution in [0.5, 0.6) is 0 Å². The van der Waals surface area contributed by atoms with Crippen LogP contribution >= 0.6 is 0 Å². The van der Waals surface area contributed by atoms with Crippen LogP contribution < -0.4 is 16.4 Å². The molecule has 2 aromatic rings. The van der Waals surface area contributed by atoms with Crippen molar-refractivity contribution in [3.05, 3.63) is 65.7 Å². The highest BCUT2D eigenvalue weighted by Crippen LogP contribution is 2.47. The number of rotatable bonds is 5. The summed E-state index contributed by atoms with van der Waals surface area (Å²) >= 11 is 0. The van der Waals surface area contributed by atoms with Gasteiger partial charge in [-0.3, -0.25) is 9.59 Å². The lowest BCUT2D eigenvalue weighted by Gasteiger charge is -2.28. The summed E-state index contributed by atoms with van der Waals surface area (Å²) in [5.74, 6) is 0.784. The van der Waals surface area contributed by atoms with E-state index >= 15 is 0 Å². The maximum Gasteiger partial charge on any atom is 0.255 e. The Morgan fingerprint density at radius 1 is 1.04 bits per heavy atom. The molecule has 28 heavy (non-hydrogen) atoms. The molecule has 4 rings (SSSR count). The quantitative estimate of drug-likeness (QED) is 0.746. The maximum atomic E-state index is 12.8. The first-order valence-electron chi connectivity index (χ1n) is 10.1. The van der Waals surface area contributed by atoms with Crippen LogP contribution in [0.2, 0.25) is 0 Å². The molecule has 2 fully saturated rings. The minimum atomic E-state index is -0.151. The highest BCUT2D eigenvalue weighted by molar-refractivity contribution is 6.04. The molecule has 0 saturated heterocycles.